The average Bonchev–Trinajstić information content (AvgIpc) is 2.60. The maximum atomic E-state index is 12.2. The van der Waals surface area contributed by atoms with Crippen molar-refractivity contribution >= 4 is 17.5 Å². The molecule has 0 bridgehead atoms. The van der Waals surface area contributed by atoms with Crippen molar-refractivity contribution in [1.82, 2.24) is 14.7 Å². The fourth-order valence-corrected chi connectivity index (χ4v) is 2.42. The van der Waals surface area contributed by atoms with E-state index in [1.807, 2.05) is 11.9 Å². The van der Waals surface area contributed by atoms with Crippen LogP contribution in [0.3, 0.4) is 0 Å². The molecule has 0 spiro atoms. The summed E-state index contributed by atoms with van der Waals surface area (Å²) in [5.41, 5.74) is 0.781. The van der Waals surface area contributed by atoms with Gasteiger partial charge in [-0.3, -0.25) is 9.48 Å². The second-order valence-electron chi connectivity index (χ2n) is 4.55. The van der Waals surface area contributed by atoms with Crippen LogP contribution in [0.4, 0.5) is 0 Å². The van der Waals surface area contributed by atoms with Crippen LogP contribution in [0.2, 0.25) is 0 Å². The molecule has 1 amide bonds. The summed E-state index contributed by atoms with van der Waals surface area (Å²) in [6, 6.07) is 0. The van der Waals surface area contributed by atoms with Gasteiger partial charge >= 0.3 is 0 Å². The maximum absolute atomic E-state index is 12.2. The number of carbonyl (C=O) groups is 1. The van der Waals surface area contributed by atoms with Crippen LogP contribution in [0.15, 0.2) is 12.4 Å². The SMILES string of the molecule is Cn1cc(C(Cl)C(=O)N2CCCCCC2)cn1. The monoisotopic (exact) mass is 255 g/mol. The number of likely N-dealkylation sites (tertiary alicyclic amines) is 1. The highest BCUT2D eigenvalue weighted by molar-refractivity contribution is 6.30. The number of aryl methyl sites for hydroxylation is 1. The average molecular weight is 256 g/mol. The van der Waals surface area contributed by atoms with Crippen molar-refractivity contribution in [2.45, 2.75) is 31.1 Å². The smallest absolute Gasteiger partial charge is 0.245 e. The summed E-state index contributed by atoms with van der Waals surface area (Å²) in [6.45, 7) is 1.67. The van der Waals surface area contributed by atoms with Crippen LogP contribution < -0.4 is 0 Å². The Morgan fingerprint density at radius 3 is 2.53 bits per heavy atom. The van der Waals surface area contributed by atoms with Crippen molar-refractivity contribution in [3.63, 3.8) is 0 Å². The van der Waals surface area contributed by atoms with Crippen LogP contribution in [-0.2, 0) is 11.8 Å². The van der Waals surface area contributed by atoms with Gasteiger partial charge in [-0.1, -0.05) is 12.8 Å². The number of carbonyl (C=O) groups excluding carboxylic acids is 1. The third kappa shape index (κ3) is 3.00. The van der Waals surface area contributed by atoms with Gasteiger partial charge in [-0.15, -0.1) is 11.6 Å². The Balaban J connectivity index is 2.03. The molecule has 17 heavy (non-hydrogen) atoms. The molecule has 1 saturated heterocycles. The summed E-state index contributed by atoms with van der Waals surface area (Å²) in [5, 5.41) is 3.45. The summed E-state index contributed by atoms with van der Waals surface area (Å²) in [6.07, 6.45) is 8.05. The third-order valence-electron chi connectivity index (χ3n) is 3.15. The number of halogens is 1. The van der Waals surface area contributed by atoms with Crippen LogP contribution >= 0.6 is 11.6 Å². The van der Waals surface area contributed by atoms with E-state index in [0.29, 0.717) is 0 Å². The van der Waals surface area contributed by atoms with E-state index in [-0.39, 0.29) is 5.91 Å². The van der Waals surface area contributed by atoms with E-state index in [0.717, 1.165) is 31.5 Å². The maximum Gasteiger partial charge on any atom is 0.245 e. The molecule has 94 valence electrons. The number of rotatable bonds is 2. The summed E-state index contributed by atoms with van der Waals surface area (Å²) in [4.78, 5) is 14.1. The minimum atomic E-state index is -0.596. The number of nitrogens with zero attached hydrogens (tertiary/aromatic N) is 3. The van der Waals surface area contributed by atoms with E-state index in [2.05, 4.69) is 5.10 Å². The minimum Gasteiger partial charge on any atom is -0.341 e. The van der Waals surface area contributed by atoms with Gasteiger partial charge in [0, 0.05) is 31.9 Å². The lowest BCUT2D eigenvalue weighted by Gasteiger charge is -2.22. The number of hydrogen-bond donors (Lipinski definition) is 0. The number of amides is 1. The highest BCUT2D eigenvalue weighted by atomic mass is 35.5. The topological polar surface area (TPSA) is 38.1 Å². The molecule has 0 N–H and O–H groups in total. The first-order chi connectivity index (χ1) is 8.18. The highest BCUT2D eigenvalue weighted by Gasteiger charge is 2.25. The van der Waals surface area contributed by atoms with Gasteiger partial charge in [-0.25, -0.2) is 0 Å². The van der Waals surface area contributed by atoms with Gasteiger partial charge in [0.2, 0.25) is 5.91 Å². The molecule has 1 aliphatic heterocycles. The number of aromatic nitrogens is 2. The van der Waals surface area contributed by atoms with Crippen molar-refractivity contribution in [3.8, 4) is 0 Å². The molecule has 2 heterocycles. The predicted octanol–water partition coefficient (Wildman–Crippen LogP) is 2.10. The van der Waals surface area contributed by atoms with E-state index in [9.17, 15) is 4.79 Å². The largest absolute Gasteiger partial charge is 0.341 e. The zero-order chi connectivity index (χ0) is 12.3. The summed E-state index contributed by atoms with van der Waals surface area (Å²) < 4.78 is 1.67. The Labute approximate surface area is 107 Å². The molecule has 1 aromatic heterocycles. The van der Waals surface area contributed by atoms with Crippen LogP contribution in [0, 0.1) is 0 Å². The zero-order valence-electron chi connectivity index (χ0n) is 10.1. The quantitative estimate of drug-likeness (QED) is 0.759. The van der Waals surface area contributed by atoms with Gasteiger partial charge in [-0.05, 0) is 12.8 Å². The Kier molecular flexibility index (Phi) is 4.05. The van der Waals surface area contributed by atoms with Crippen LogP contribution in [0.25, 0.3) is 0 Å². The van der Waals surface area contributed by atoms with E-state index < -0.39 is 5.38 Å². The Hall–Kier alpha value is -1.03. The molecule has 0 aliphatic carbocycles. The molecule has 4 nitrogen and oxygen atoms in total. The molecule has 1 atom stereocenters. The molecule has 5 heteroatoms. The first-order valence-electron chi connectivity index (χ1n) is 6.10. The summed E-state index contributed by atoms with van der Waals surface area (Å²) in [5.74, 6) is 0.0153. The van der Waals surface area contributed by atoms with Crippen LogP contribution in [0.5, 0.6) is 0 Å². The molecule has 2 rings (SSSR count). The van der Waals surface area contributed by atoms with Crippen molar-refractivity contribution in [1.29, 1.82) is 0 Å². The number of hydrogen-bond acceptors (Lipinski definition) is 2. The molecule has 1 aromatic rings. The van der Waals surface area contributed by atoms with E-state index in [4.69, 9.17) is 11.6 Å². The van der Waals surface area contributed by atoms with E-state index in [1.54, 1.807) is 17.1 Å². The minimum absolute atomic E-state index is 0.0153. The molecule has 0 aromatic carbocycles. The van der Waals surface area contributed by atoms with Gasteiger partial charge in [0.05, 0.1) is 6.20 Å². The zero-order valence-corrected chi connectivity index (χ0v) is 10.9. The van der Waals surface area contributed by atoms with Crippen molar-refractivity contribution in [2.75, 3.05) is 13.1 Å². The van der Waals surface area contributed by atoms with Gasteiger partial charge < -0.3 is 4.90 Å². The van der Waals surface area contributed by atoms with Gasteiger partial charge in [0.15, 0.2) is 0 Å². The predicted molar refractivity (Wildman–Crippen MR) is 66.9 cm³/mol. The first kappa shape index (κ1) is 12.4. The lowest BCUT2D eigenvalue weighted by atomic mass is 10.2. The second kappa shape index (κ2) is 5.54. The van der Waals surface area contributed by atoms with Crippen LogP contribution in [0.1, 0.15) is 36.6 Å². The molecule has 0 radical (unpaired) electrons. The fourth-order valence-electron chi connectivity index (χ4n) is 2.16. The second-order valence-corrected chi connectivity index (χ2v) is 4.99. The standard InChI is InChI=1S/C12H18ClN3O/c1-15-9-10(8-14-15)11(13)12(17)16-6-4-2-3-5-7-16/h8-9,11H,2-7H2,1H3. The molecular formula is C12H18ClN3O. The van der Waals surface area contributed by atoms with Gasteiger partial charge in [0.1, 0.15) is 5.38 Å². The fraction of sp³-hybridized carbons (Fsp3) is 0.667. The molecule has 1 aliphatic rings. The van der Waals surface area contributed by atoms with Crippen LogP contribution in [-0.4, -0.2) is 33.7 Å². The third-order valence-corrected chi connectivity index (χ3v) is 3.59. The van der Waals surface area contributed by atoms with Crippen molar-refractivity contribution in [3.05, 3.63) is 18.0 Å². The molecular weight excluding hydrogens is 238 g/mol. The van der Waals surface area contributed by atoms with Crippen molar-refractivity contribution < 1.29 is 4.79 Å². The van der Waals surface area contributed by atoms with Crippen molar-refractivity contribution in [2.24, 2.45) is 7.05 Å². The molecule has 1 unspecified atom stereocenters. The normalized spacial score (nSPS) is 18.8. The highest BCUT2D eigenvalue weighted by Crippen LogP contribution is 2.23. The molecule has 0 saturated carbocycles. The Morgan fingerprint density at radius 1 is 1.35 bits per heavy atom. The lowest BCUT2D eigenvalue weighted by molar-refractivity contribution is -0.130. The van der Waals surface area contributed by atoms with E-state index >= 15 is 0 Å². The summed E-state index contributed by atoms with van der Waals surface area (Å²) >= 11 is 6.21. The Morgan fingerprint density at radius 2 is 2.00 bits per heavy atom. The molecule has 1 fully saturated rings. The van der Waals surface area contributed by atoms with Gasteiger partial charge in [-0.2, -0.15) is 5.10 Å². The lowest BCUT2D eigenvalue weighted by Crippen LogP contribution is -2.34. The number of alkyl halides is 1. The van der Waals surface area contributed by atoms with Gasteiger partial charge in [0.25, 0.3) is 0 Å². The summed E-state index contributed by atoms with van der Waals surface area (Å²) in [7, 11) is 1.82. The first-order valence-corrected chi connectivity index (χ1v) is 6.53. The van der Waals surface area contributed by atoms with E-state index in [1.165, 1.54) is 12.8 Å². The Bertz CT molecular complexity index is 383.